The van der Waals surface area contributed by atoms with E-state index in [1.54, 1.807) is 0 Å². The number of hydrogen-bond acceptors (Lipinski definition) is 4. The average molecular weight is 405 g/mol. The van der Waals surface area contributed by atoms with E-state index in [2.05, 4.69) is 24.5 Å². The van der Waals surface area contributed by atoms with E-state index in [9.17, 15) is 4.79 Å². The number of carbonyl (C=O) groups excluding carboxylic acids is 1. The van der Waals surface area contributed by atoms with Crippen LogP contribution in [0.5, 0.6) is 0 Å². The Morgan fingerprint density at radius 2 is 1.73 bits per heavy atom. The Kier molecular flexibility index (Phi) is 5.46. The first-order chi connectivity index (χ1) is 12.4. The molecule has 0 saturated heterocycles. The van der Waals surface area contributed by atoms with Crippen LogP contribution in [0.25, 0.3) is 10.1 Å². The van der Waals surface area contributed by atoms with Crippen molar-refractivity contribution in [2.75, 3.05) is 17.7 Å². The van der Waals surface area contributed by atoms with Crippen LogP contribution < -0.4 is 10.6 Å². The van der Waals surface area contributed by atoms with Gasteiger partial charge >= 0.3 is 5.97 Å². The third-order valence-corrected chi connectivity index (χ3v) is 5.86. The fraction of sp³-hybridized carbons (Fsp3) is 0.158. The molecule has 0 fully saturated rings. The van der Waals surface area contributed by atoms with Crippen molar-refractivity contribution in [1.82, 2.24) is 0 Å². The number of halogens is 1. The molecule has 26 heavy (non-hydrogen) atoms. The zero-order valence-electron chi connectivity index (χ0n) is 14.5. The highest BCUT2D eigenvalue weighted by molar-refractivity contribution is 7.80. The van der Waals surface area contributed by atoms with Gasteiger partial charge in [-0.15, -0.1) is 11.3 Å². The van der Waals surface area contributed by atoms with E-state index in [0.29, 0.717) is 15.0 Å². The smallest absolute Gasteiger partial charge is 0.349 e. The third-order valence-electron chi connectivity index (χ3n) is 4.02. The highest BCUT2D eigenvalue weighted by atomic mass is 35.5. The van der Waals surface area contributed by atoms with Crippen molar-refractivity contribution >= 4 is 67.7 Å². The van der Waals surface area contributed by atoms with Gasteiger partial charge < -0.3 is 15.4 Å². The summed E-state index contributed by atoms with van der Waals surface area (Å²) in [6, 6.07) is 11.7. The number of thiocarbonyl (C=S) groups is 1. The number of ether oxygens (including phenoxy) is 1. The number of esters is 1. The molecular formula is C19H17ClN2O2S2. The van der Waals surface area contributed by atoms with Crippen LogP contribution in [0.4, 0.5) is 11.4 Å². The Bertz CT molecular complexity index is 1010. The van der Waals surface area contributed by atoms with Crippen LogP contribution in [-0.2, 0) is 4.74 Å². The second kappa shape index (κ2) is 7.61. The molecule has 0 amide bonds. The Morgan fingerprint density at radius 1 is 1.08 bits per heavy atom. The lowest BCUT2D eigenvalue weighted by molar-refractivity contribution is 0.0606. The van der Waals surface area contributed by atoms with E-state index >= 15 is 0 Å². The first-order valence-electron chi connectivity index (χ1n) is 7.84. The normalized spacial score (nSPS) is 10.6. The quantitative estimate of drug-likeness (QED) is 0.429. The molecule has 0 unspecified atom stereocenters. The molecule has 0 atom stereocenters. The van der Waals surface area contributed by atoms with Crippen LogP contribution >= 0.6 is 35.2 Å². The minimum atomic E-state index is -0.433. The zero-order chi connectivity index (χ0) is 18.8. The predicted octanol–water partition coefficient (Wildman–Crippen LogP) is 5.77. The summed E-state index contributed by atoms with van der Waals surface area (Å²) < 4.78 is 5.65. The van der Waals surface area contributed by atoms with E-state index in [1.165, 1.54) is 29.6 Å². The molecule has 0 spiro atoms. The van der Waals surface area contributed by atoms with Gasteiger partial charge in [-0.2, -0.15) is 0 Å². The topological polar surface area (TPSA) is 50.4 Å². The summed E-state index contributed by atoms with van der Waals surface area (Å²) in [6.45, 7) is 4.13. The number of benzene rings is 2. The SMILES string of the molecule is COC(=O)c1sc2cc(NC(=S)Nc3ccc(C)c(C)c3)ccc2c1Cl. The Morgan fingerprint density at radius 3 is 2.38 bits per heavy atom. The molecule has 3 aromatic rings. The number of nitrogens with one attached hydrogen (secondary N) is 2. The van der Waals surface area contributed by atoms with Crippen molar-refractivity contribution in [2.24, 2.45) is 0 Å². The highest BCUT2D eigenvalue weighted by Gasteiger charge is 2.17. The molecule has 0 radical (unpaired) electrons. The van der Waals surface area contributed by atoms with Gasteiger partial charge in [-0.05, 0) is 67.5 Å². The fourth-order valence-corrected chi connectivity index (χ4v) is 4.18. The number of aryl methyl sites for hydroxylation is 2. The zero-order valence-corrected chi connectivity index (χ0v) is 16.9. The van der Waals surface area contributed by atoms with Crippen LogP contribution in [0, 0.1) is 13.8 Å². The van der Waals surface area contributed by atoms with Gasteiger partial charge in [0.25, 0.3) is 0 Å². The molecule has 0 saturated carbocycles. The van der Waals surface area contributed by atoms with Crippen LogP contribution in [0.2, 0.25) is 5.02 Å². The lowest BCUT2D eigenvalue weighted by Gasteiger charge is -2.12. The minimum absolute atomic E-state index is 0.400. The van der Waals surface area contributed by atoms with E-state index in [0.717, 1.165) is 21.5 Å². The number of rotatable bonds is 3. The molecule has 3 rings (SSSR count). The van der Waals surface area contributed by atoms with Gasteiger partial charge in [0.1, 0.15) is 4.88 Å². The Hall–Kier alpha value is -2.15. The van der Waals surface area contributed by atoms with Gasteiger partial charge in [0.2, 0.25) is 0 Å². The van der Waals surface area contributed by atoms with Crippen molar-refractivity contribution in [2.45, 2.75) is 13.8 Å². The van der Waals surface area contributed by atoms with Crippen LogP contribution in [-0.4, -0.2) is 18.2 Å². The summed E-state index contributed by atoms with van der Waals surface area (Å²) >= 11 is 13.0. The molecule has 0 aliphatic rings. The van der Waals surface area contributed by atoms with Crippen molar-refractivity contribution in [3.63, 3.8) is 0 Å². The van der Waals surface area contributed by atoms with Gasteiger partial charge in [0.15, 0.2) is 5.11 Å². The van der Waals surface area contributed by atoms with Gasteiger partial charge in [-0.1, -0.05) is 17.7 Å². The summed E-state index contributed by atoms with van der Waals surface area (Å²) in [5, 5.41) is 8.05. The molecule has 0 aliphatic heterocycles. The van der Waals surface area contributed by atoms with E-state index < -0.39 is 5.97 Å². The van der Waals surface area contributed by atoms with Crippen molar-refractivity contribution in [3.8, 4) is 0 Å². The summed E-state index contributed by atoms with van der Waals surface area (Å²) in [7, 11) is 1.34. The summed E-state index contributed by atoms with van der Waals surface area (Å²) in [5.74, 6) is -0.433. The second-order valence-electron chi connectivity index (χ2n) is 5.83. The number of anilines is 2. The maximum Gasteiger partial charge on any atom is 0.349 e. The molecule has 0 bridgehead atoms. The largest absolute Gasteiger partial charge is 0.465 e. The highest BCUT2D eigenvalue weighted by Crippen LogP contribution is 2.37. The molecule has 2 aromatic carbocycles. The maximum absolute atomic E-state index is 11.8. The number of hydrogen-bond donors (Lipinski definition) is 2. The van der Waals surface area contributed by atoms with Gasteiger partial charge in [-0.25, -0.2) is 4.79 Å². The molecule has 7 heteroatoms. The van der Waals surface area contributed by atoms with Crippen molar-refractivity contribution in [3.05, 3.63) is 57.4 Å². The molecule has 2 N–H and O–H groups in total. The van der Waals surface area contributed by atoms with Crippen molar-refractivity contribution in [1.29, 1.82) is 0 Å². The standard InChI is InChI=1S/C19H17ClN2O2S2/c1-10-4-5-12(8-11(10)2)21-19(25)22-13-6-7-14-15(9-13)26-17(16(14)20)18(23)24-3/h4-9H,1-3H3,(H2,21,22,25). The minimum Gasteiger partial charge on any atom is -0.465 e. The summed E-state index contributed by atoms with van der Waals surface area (Å²) in [4.78, 5) is 12.2. The molecule has 134 valence electrons. The first-order valence-corrected chi connectivity index (χ1v) is 9.45. The van der Waals surface area contributed by atoms with Crippen LogP contribution in [0.1, 0.15) is 20.8 Å². The third kappa shape index (κ3) is 3.82. The fourth-order valence-electron chi connectivity index (χ4n) is 2.48. The first kappa shape index (κ1) is 18.6. The Labute approximate surface area is 166 Å². The Balaban J connectivity index is 1.78. The number of methoxy groups -OCH3 is 1. The van der Waals surface area contributed by atoms with Crippen LogP contribution in [0.3, 0.4) is 0 Å². The van der Waals surface area contributed by atoms with Crippen LogP contribution in [0.15, 0.2) is 36.4 Å². The summed E-state index contributed by atoms with van der Waals surface area (Å²) in [6.07, 6.45) is 0. The van der Waals surface area contributed by atoms with E-state index in [4.69, 9.17) is 28.6 Å². The summed E-state index contributed by atoms with van der Waals surface area (Å²) in [5.41, 5.74) is 4.17. The predicted molar refractivity (Wildman–Crippen MR) is 114 cm³/mol. The van der Waals surface area contributed by atoms with E-state index in [-0.39, 0.29) is 0 Å². The lowest BCUT2D eigenvalue weighted by atomic mass is 10.1. The number of carbonyl (C=O) groups is 1. The molecular weight excluding hydrogens is 388 g/mol. The molecule has 0 aliphatic carbocycles. The van der Waals surface area contributed by atoms with Gasteiger partial charge in [0.05, 0.1) is 12.1 Å². The molecule has 4 nitrogen and oxygen atoms in total. The van der Waals surface area contributed by atoms with Gasteiger partial charge in [-0.3, -0.25) is 0 Å². The average Bonchev–Trinajstić information content (AvgIpc) is 2.93. The second-order valence-corrected chi connectivity index (χ2v) is 7.66. The maximum atomic E-state index is 11.8. The van der Waals surface area contributed by atoms with E-state index in [1.807, 2.05) is 36.4 Å². The number of thiophene rings is 1. The van der Waals surface area contributed by atoms with Crippen molar-refractivity contribution < 1.29 is 9.53 Å². The molecule has 1 aromatic heterocycles. The lowest BCUT2D eigenvalue weighted by Crippen LogP contribution is -2.19. The van der Waals surface area contributed by atoms with Gasteiger partial charge in [0, 0.05) is 21.5 Å². The molecule has 1 heterocycles. The monoisotopic (exact) mass is 404 g/mol. The number of fused-ring (bicyclic) bond motifs is 1.